The number of aryl methyl sites for hydroxylation is 1. The molecule has 2 aromatic heterocycles. The highest BCUT2D eigenvalue weighted by atomic mass is 16.3. The highest BCUT2D eigenvalue weighted by molar-refractivity contribution is 5.95. The number of carbonyl (C=O) groups is 2. The number of rotatable bonds is 7. The summed E-state index contributed by atoms with van der Waals surface area (Å²) in [6.07, 6.45) is 3.91. The van der Waals surface area contributed by atoms with Crippen molar-refractivity contribution >= 4 is 17.6 Å². The molecule has 3 heterocycles. The van der Waals surface area contributed by atoms with Crippen LogP contribution in [0.3, 0.4) is 0 Å². The van der Waals surface area contributed by atoms with Crippen LogP contribution in [0, 0.1) is 11.3 Å². The van der Waals surface area contributed by atoms with Gasteiger partial charge in [0.1, 0.15) is 23.5 Å². The third-order valence-electron chi connectivity index (χ3n) is 5.54. The van der Waals surface area contributed by atoms with Crippen LogP contribution in [-0.4, -0.2) is 45.6 Å². The van der Waals surface area contributed by atoms with Gasteiger partial charge in [-0.2, -0.15) is 10.4 Å². The Morgan fingerprint density at radius 2 is 2.06 bits per heavy atom. The summed E-state index contributed by atoms with van der Waals surface area (Å²) in [7, 11) is 0. The highest BCUT2D eigenvalue weighted by Crippen LogP contribution is 2.22. The van der Waals surface area contributed by atoms with Crippen molar-refractivity contribution in [3.63, 3.8) is 0 Å². The zero-order chi connectivity index (χ0) is 22.5. The Bertz CT molecular complexity index is 1130. The van der Waals surface area contributed by atoms with E-state index < -0.39 is 6.04 Å². The smallest absolute Gasteiger partial charge is 0.290 e. The van der Waals surface area contributed by atoms with E-state index in [4.69, 9.17) is 10.2 Å². The first kappa shape index (κ1) is 21.2. The number of furan rings is 1. The van der Waals surface area contributed by atoms with Gasteiger partial charge in [0.2, 0.25) is 5.91 Å². The molecule has 1 fully saturated rings. The molecular formula is C23H24N6O3. The Morgan fingerprint density at radius 3 is 2.78 bits per heavy atom. The average Bonchev–Trinajstić information content (AvgIpc) is 3.57. The molecule has 0 saturated carbocycles. The second-order valence-electron chi connectivity index (χ2n) is 7.59. The molecule has 1 aliphatic heterocycles. The molecule has 9 heteroatoms. The maximum absolute atomic E-state index is 12.7. The number of nitrogens with one attached hydrogen (secondary N) is 1. The van der Waals surface area contributed by atoms with Gasteiger partial charge in [-0.1, -0.05) is 18.2 Å². The maximum Gasteiger partial charge on any atom is 0.290 e. The van der Waals surface area contributed by atoms with Gasteiger partial charge in [0.15, 0.2) is 5.76 Å². The molecule has 1 aromatic carbocycles. The van der Waals surface area contributed by atoms with E-state index in [0.29, 0.717) is 49.4 Å². The highest BCUT2D eigenvalue weighted by Gasteiger charge is 2.35. The molecule has 0 bridgehead atoms. The van der Waals surface area contributed by atoms with Crippen LogP contribution in [-0.2, 0) is 11.2 Å². The van der Waals surface area contributed by atoms with Gasteiger partial charge in [0, 0.05) is 13.1 Å². The molecule has 2 amide bonds. The van der Waals surface area contributed by atoms with Crippen molar-refractivity contribution in [1.82, 2.24) is 20.0 Å². The van der Waals surface area contributed by atoms with Crippen molar-refractivity contribution < 1.29 is 14.0 Å². The number of amides is 2. The normalized spacial score (nSPS) is 15.5. The van der Waals surface area contributed by atoms with Crippen LogP contribution < -0.4 is 11.1 Å². The largest absolute Gasteiger partial charge is 0.459 e. The Kier molecular flexibility index (Phi) is 6.22. The lowest BCUT2D eigenvalue weighted by atomic mass is 10.1. The molecule has 4 rings (SSSR count). The van der Waals surface area contributed by atoms with Crippen molar-refractivity contribution in [2.24, 2.45) is 0 Å². The Hall–Kier alpha value is -4.06. The quantitative estimate of drug-likeness (QED) is 0.551. The van der Waals surface area contributed by atoms with Crippen LogP contribution >= 0.6 is 0 Å². The van der Waals surface area contributed by atoms with Gasteiger partial charge in [-0.25, -0.2) is 4.68 Å². The number of nitrogens with two attached hydrogens (primary N) is 1. The van der Waals surface area contributed by atoms with Crippen LogP contribution in [0.4, 0.5) is 5.82 Å². The van der Waals surface area contributed by atoms with E-state index in [-0.39, 0.29) is 17.6 Å². The van der Waals surface area contributed by atoms with Gasteiger partial charge in [-0.3, -0.25) is 9.59 Å². The summed E-state index contributed by atoms with van der Waals surface area (Å²) in [4.78, 5) is 26.8. The van der Waals surface area contributed by atoms with E-state index in [0.717, 1.165) is 12.1 Å². The monoisotopic (exact) mass is 432 g/mol. The second-order valence-corrected chi connectivity index (χ2v) is 7.59. The van der Waals surface area contributed by atoms with E-state index in [1.807, 2.05) is 30.3 Å². The predicted molar refractivity (Wildman–Crippen MR) is 117 cm³/mol. The number of anilines is 1. The number of carbonyl (C=O) groups excluding carboxylic acids is 2. The molecule has 32 heavy (non-hydrogen) atoms. The molecule has 0 radical (unpaired) electrons. The van der Waals surface area contributed by atoms with E-state index in [1.165, 1.54) is 6.26 Å². The van der Waals surface area contributed by atoms with Crippen LogP contribution in [0.25, 0.3) is 5.69 Å². The number of nitrogen functional groups attached to an aromatic ring is 1. The van der Waals surface area contributed by atoms with E-state index in [9.17, 15) is 14.9 Å². The molecule has 1 saturated heterocycles. The molecule has 9 nitrogen and oxygen atoms in total. The molecule has 0 aliphatic carbocycles. The molecular weight excluding hydrogens is 408 g/mol. The minimum Gasteiger partial charge on any atom is -0.459 e. The third kappa shape index (κ3) is 4.21. The van der Waals surface area contributed by atoms with Gasteiger partial charge in [0.05, 0.1) is 17.6 Å². The summed E-state index contributed by atoms with van der Waals surface area (Å²) in [6.45, 7) is 0.931. The average molecular weight is 432 g/mol. The van der Waals surface area contributed by atoms with E-state index in [2.05, 4.69) is 16.5 Å². The predicted octanol–water partition coefficient (Wildman–Crippen LogP) is 2.27. The molecule has 3 N–H and O–H groups in total. The van der Waals surface area contributed by atoms with Crippen molar-refractivity contribution in [3.05, 3.63) is 65.7 Å². The first-order chi connectivity index (χ1) is 15.6. The Morgan fingerprint density at radius 1 is 1.25 bits per heavy atom. The molecule has 0 spiro atoms. The lowest BCUT2D eigenvalue weighted by Crippen LogP contribution is -2.46. The fourth-order valence-electron chi connectivity index (χ4n) is 3.95. The minimum absolute atomic E-state index is 0.183. The summed E-state index contributed by atoms with van der Waals surface area (Å²) >= 11 is 0. The molecule has 3 aromatic rings. The summed E-state index contributed by atoms with van der Waals surface area (Å²) in [5, 5.41) is 16.9. The van der Waals surface area contributed by atoms with Gasteiger partial charge >= 0.3 is 0 Å². The number of likely N-dealkylation sites (tertiary alicyclic amines) is 1. The number of hydrogen-bond acceptors (Lipinski definition) is 6. The van der Waals surface area contributed by atoms with Crippen LogP contribution in [0.2, 0.25) is 0 Å². The molecule has 1 aliphatic rings. The lowest BCUT2D eigenvalue weighted by molar-refractivity contribution is -0.124. The number of nitriles is 1. The zero-order valence-electron chi connectivity index (χ0n) is 17.5. The third-order valence-corrected chi connectivity index (χ3v) is 5.54. The zero-order valence-corrected chi connectivity index (χ0v) is 17.5. The van der Waals surface area contributed by atoms with Gasteiger partial charge in [0.25, 0.3) is 5.91 Å². The summed E-state index contributed by atoms with van der Waals surface area (Å²) < 4.78 is 6.74. The summed E-state index contributed by atoms with van der Waals surface area (Å²) in [6, 6.07) is 14.3. The SMILES string of the molecule is N#Cc1c(CCCNC(=O)C2CCCN2C(=O)c2ccco2)nn(-c2ccccc2)c1N. The van der Waals surface area contributed by atoms with Crippen molar-refractivity contribution in [1.29, 1.82) is 5.26 Å². The van der Waals surface area contributed by atoms with E-state index >= 15 is 0 Å². The van der Waals surface area contributed by atoms with Crippen molar-refractivity contribution in [2.45, 2.75) is 31.7 Å². The maximum atomic E-state index is 12.7. The van der Waals surface area contributed by atoms with Gasteiger partial charge in [-0.15, -0.1) is 0 Å². The molecule has 1 atom stereocenters. The van der Waals surface area contributed by atoms with Crippen LogP contribution in [0.15, 0.2) is 53.1 Å². The number of aromatic nitrogens is 2. The molecule has 164 valence electrons. The Labute approximate surface area is 185 Å². The Balaban J connectivity index is 1.34. The standard InChI is InChI=1S/C23H24N6O3/c24-15-17-18(27-29(21(17)25)16-7-2-1-3-8-16)9-4-12-26-22(30)19-10-5-13-28(19)23(31)20-11-6-14-32-20/h1-3,6-8,11,14,19H,4-5,9-10,12-13,25H2,(H,26,30). The number of benzene rings is 1. The first-order valence-corrected chi connectivity index (χ1v) is 10.5. The van der Waals surface area contributed by atoms with Gasteiger partial charge < -0.3 is 20.4 Å². The number of nitrogens with zero attached hydrogens (tertiary/aromatic N) is 4. The van der Waals surface area contributed by atoms with Crippen molar-refractivity contribution in [2.75, 3.05) is 18.8 Å². The second kappa shape index (κ2) is 9.39. The van der Waals surface area contributed by atoms with Crippen molar-refractivity contribution in [3.8, 4) is 11.8 Å². The van der Waals surface area contributed by atoms with E-state index in [1.54, 1.807) is 21.7 Å². The first-order valence-electron chi connectivity index (χ1n) is 10.5. The number of para-hydroxylation sites is 1. The fourth-order valence-corrected chi connectivity index (χ4v) is 3.95. The summed E-state index contributed by atoms with van der Waals surface area (Å²) in [5.41, 5.74) is 7.86. The lowest BCUT2D eigenvalue weighted by Gasteiger charge is -2.23. The topological polar surface area (TPSA) is 130 Å². The van der Waals surface area contributed by atoms with Gasteiger partial charge in [-0.05, 0) is 49.9 Å². The summed E-state index contributed by atoms with van der Waals surface area (Å²) in [5.74, 6) is 0.0848. The van der Waals surface area contributed by atoms with Crippen LogP contribution in [0.5, 0.6) is 0 Å². The molecule has 1 unspecified atom stereocenters. The minimum atomic E-state index is -0.504. The fraction of sp³-hybridized carbons (Fsp3) is 0.304. The van der Waals surface area contributed by atoms with Crippen LogP contribution in [0.1, 0.15) is 41.1 Å². The number of hydrogen-bond donors (Lipinski definition) is 2.